The predicted octanol–water partition coefficient (Wildman–Crippen LogP) is 6.14. The molecule has 3 aromatic rings. The summed E-state index contributed by atoms with van der Waals surface area (Å²) in [4.78, 5) is 27.0. The van der Waals surface area contributed by atoms with E-state index in [1.807, 2.05) is 54.6 Å². The minimum atomic E-state index is -0.321. The van der Waals surface area contributed by atoms with Crippen LogP contribution in [0, 0.1) is 0 Å². The number of nitrogens with zero attached hydrogens (tertiary/aromatic N) is 1. The topological polar surface area (TPSA) is 65.1 Å². The van der Waals surface area contributed by atoms with E-state index < -0.39 is 0 Å². The maximum Gasteiger partial charge on any atom is 0.293 e. The van der Waals surface area contributed by atoms with Gasteiger partial charge in [0.2, 0.25) is 0 Å². The summed E-state index contributed by atoms with van der Waals surface area (Å²) in [6, 6.07) is 19.2. The molecule has 0 unspecified atom stereocenters. The van der Waals surface area contributed by atoms with Crippen molar-refractivity contribution in [3.63, 3.8) is 0 Å². The standard InChI is InChI=1S/C27H27NO5S/c1-3-4-15-32-23-13-12-19(17-24(23)31-2)18-25-26(29)28(27(30)34-25)14-16-33-22-11-7-9-20-8-5-6-10-21(20)22/h5-13,17-18H,3-4,14-16H2,1-2H3/b25-18-. The van der Waals surface area contributed by atoms with Gasteiger partial charge in [-0.1, -0.05) is 55.8 Å². The predicted molar refractivity (Wildman–Crippen MR) is 136 cm³/mol. The lowest BCUT2D eigenvalue weighted by Crippen LogP contribution is -2.32. The lowest BCUT2D eigenvalue weighted by atomic mass is 10.1. The van der Waals surface area contributed by atoms with Gasteiger partial charge < -0.3 is 14.2 Å². The average Bonchev–Trinajstić information content (AvgIpc) is 3.12. The first-order chi connectivity index (χ1) is 16.6. The molecule has 2 amide bonds. The van der Waals surface area contributed by atoms with E-state index in [2.05, 4.69) is 6.92 Å². The Hall–Kier alpha value is -3.45. The summed E-state index contributed by atoms with van der Waals surface area (Å²) in [5, 5.41) is 1.77. The van der Waals surface area contributed by atoms with E-state index in [4.69, 9.17) is 14.2 Å². The molecule has 176 valence electrons. The number of hydrogen-bond donors (Lipinski definition) is 0. The molecule has 0 aliphatic carbocycles. The third kappa shape index (κ3) is 5.37. The lowest BCUT2D eigenvalue weighted by molar-refractivity contribution is -0.123. The van der Waals surface area contributed by atoms with Crippen LogP contribution in [0.15, 0.2) is 65.6 Å². The monoisotopic (exact) mass is 477 g/mol. The molecule has 0 bridgehead atoms. The Bertz CT molecular complexity index is 1220. The zero-order valence-electron chi connectivity index (χ0n) is 19.3. The van der Waals surface area contributed by atoms with Crippen molar-refractivity contribution in [2.75, 3.05) is 26.9 Å². The first-order valence-electron chi connectivity index (χ1n) is 11.3. The Balaban J connectivity index is 1.41. The van der Waals surface area contributed by atoms with E-state index in [0.29, 0.717) is 23.0 Å². The number of ether oxygens (including phenoxy) is 3. The van der Waals surface area contributed by atoms with Crippen LogP contribution in [-0.2, 0) is 4.79 Å². The molecular weight excluding hydrogens is 450 g/mol. The summed E-state index contributed by atoms with van der Waals surface area (Å²) in [5.74, 6) is 1.66. The lowest BCUT2D eigenvalue weighted by Gasteiger charge is -2.14. The van der Waals surface area contributed by atoms with E-state index in [0.717, 1.165) is 46.7 Å². The van der Waals surface area contributed by atoms with E-state index in [1.54, 1.807) is 19.3 Å². The Kier molecular flexibility index (Phi) is 7.75. The van der Waals surface area contributed by atoms with Crippen LogP contribution in [0.5, 0.6) is 17.2 Å². The van der Waals surface area contributed by atoms with Gasteiger partial charge in [-0.3, -0.25) is 14.5 Å². The maximum absolute atomic E-state index is 12.9. The normalized spacial score (nSPS) is 14.8. The number of rotatable bonds is 10. The van der Waals surface area contributed by atoms with Crippen LogP contribution in [0.25, 0.3) is 16.8 Å². The zero-order chi connectivity index (χ0) is 23.9. The molecule has 1 aliphatic heterocycles. The number of carbonyl (C=O) groups excluding carboxylic acids is 2. The first-order valence-corrected chi connectivity index (χ1v) is 12.1. The third-order valence-corrected chi connectivity index (χ3v) is 6.34. The summed E-state index contributed by atoms with van der Waals surface area (Å²) in [5.41, 5.74) is 0.761. The van der Waals surface area contributed by atoms with Gasteiger partial charge in [-0.05, 0) is 53.4 Å². The van der Waals surface area contributed by atoms with Crippen LogP contribution in [0.2, 0.25) is 0 Å². The van der Waals surface area contributed by atoms with Gasteiger partial charge in [-0.25, -0.2) is 0 Å². The maximum atomic E-state index is 12.9. The van der Waals surface area contributed by atoms with Gasteiger partial charge in [0.1, 0.15) is 12.4 Å². The Labute approximate surface area is 203 Å². The van der Waals surface area contributed by atoms with Crippen molar-refractivity contribution in [2.45, 2.75) is 19.8 Å². The van der Waals surface area contributed by atoms with E-state index in [1.165, 1.54) is 4.90 Å². The highest BCUT2D eigenvalue weighted by atomic mass is 32.2. The average molecular weight is 478 g/mol. The minimum Gasteiger partial charge on any atom is -0.493 e. The fourth-order valence-electron chi connectivity index (χ4n) is 3.63. The number of methoxy groups -OCH3 is 1. The molecule has 0 aromatic heterocycles. The molecule has 0 radical (unpaired) electrons. The number of hydrogen-bond acceptors (Lipinski definition) is 6. The van der Waals surface area contributed by atoms with Gasteiger partial charge in [0.25, 0.3) is 11.1 Å². The van der Waals surface area contributed by atoms with Gasteiger partial charge in [-0.2, -0.15) is 0 Å². The number of imide groups is 1. The molecule has 4 rings (SSSR count). The van der Waals surface area contributed by atoms with E-state index >= 15 is 0 Å². The van der Waals surface area contributed by atoms with Gasteiger partial charge in [0.05, 0.1) is 25.2 Å². The van der Waals surface area contributed by atoms with Crippen LogP contribution < -0.4 is 14.2 Å². The number of thioether (sulfide) groups is 1. The van der Waals surface area contributed by atoms with Crippen molar-refractivity contribution in [1.29, 1.82) is 0 Å². The summed E-state index contributed by atoms with van der Waals surface area (Å²) in [6.07, 6.45) is 3.71. The molecule has 0 atom stereocenters. The fourth-order valence-corrected chi connectivity index (χ4v) is 4.50. The molecule has 0 N–H and O–H groups in total. The van der Waals surface area contributed by atoms with Crippen LogP contribution in [-0.4, -0.2) is 42.9 Å². The summed E-state index contributed by atoms with van der Waals surface area (Å²) < 4.78 is 17.1. The van der Waals surface area contributed by atoms with Crippen molar-refractivity contribution >= 4 is 39.8 Å². The molecule has 3 aromatic carbocycles. The van der Waals surface area contributed by atoms with E-state index in [-0.39, 0.29) is 24.3 Å². The van der Waals surface area contributed by atoms with Gasteiger partial charge >= 0.3 is 0 Å². The highest BCUT2D eigenvalue weighted by molar-refractivity contribution is 8.18. The fraction of sp³-hybridized carbons (Fsp3) is 0.259. The van der Waals surface area contributed by atoms with Crippen molar-refractivity contribution in [1.82, 2.24) is 4.90 Å². The molecule has 1 fully saturated rings. The van der Waals surface area contributed by atoms with Crippen LogP contribution in [0.3, 0.4) is 0 Å². The van der Waals surface area contributed by atoms with Crippen molar-refractivity contribution < 1.29 is 23.8 Å². The second kappa shape index (κ2) is 11.1. The number of amides is 2. The van der Waals surface area contributed by atoms with Crippen LogP contribution in [0.1, 0.15) is 25.3 Å². The molecule has 1 heterocycles. The largest absolute Gasteiger partial charge is 0.493 e. The zero-order valence-corrected chi connectivity index (χ0v) is 20.1. The number of fused-ring (bicyclic) bond motifs is 1. The number of unbranched alkanes of at least 4 members (excludes halogenated alkanes) is 1. The quantitative estimate of drug-likeness (QED) is 0.258. The molecule has 0 saturated carbocycles. The molecule has 6 nitrogen and oxygen atoms in total. The molecule has 7 heteroatoms. The second-order valence-electron chi connectivity index (χ2n) is 7.77. The Morgan fingerprint density at radius 3 is 2.53 bits per heavy atom. The highest BCUT2D eigenvalue weighted by Gasteiger charge is 2.34. The van der Waals surface area contributed by atoms with Crippen molar-refractivity contribution in [2.24, 2.45) is 0 Å². The Morgan fingerprint density at radius 2 is 1.71 bits per heavy atom. The second-order valence-corrected chi connectivity index (χ2v) is 8.76. The highest BCUT2D eigenvalue weighted by Crippen LogP contribution is 2.34. The van der Waals surface area contributed by atoms with Crippen molar-refractivity contribution in [3.05, 3.63) is 71.1 Å². The summed E-state index contributed by atoms with van der Waals surface area (Å²) in [7, 11) is 1.58. The first kappa shape index (κ1) is 23.7. The molecule has 1 saturated heterocycles. The molecule has 1 aliphatic rings. The van der Waals surface area contributed by atoms with Gasteiger partial charge in [0, 0.05) is 5.39 Å². The van der Waals surface area contributed by atoms with E-state index in [9.17, 15) is 9.59 Å². The SMILES string of the molecule is CCCCOc1ccc(/C=C2\SC(=O)N(CCOc3cccc4ccccc34)C2=O)cc1OC. The van der Waals surface area contributed by atoms with Crippen LogP contribution >= 0.6 is 11.8 Å². The Morgan fingerprint density at radius 1 is 0.912 bits per heavy atom. The number of benzene rings is 3. The summed E-state index contributed by atoms with van der Waals surface area (Å²) >= 11 is 0.931. The molecule has 34 heavy (non-hydrogen) atoms. The third-order valence-electron chi connectivity index (χ3n) is 5.44. The molecule has 0 spiro atoms. The van der Waals surface area contributed by atoms with Crippen molar-refractivity contribution in [3.8, 4) is 17.2 Å². The summed E-state index contributed by atoms with van der Waals surface area (Å²) in [6.45, 7) is 3.12. The van der Waals surface area contributed by atoms with Gasteiger partial charge in [-0.15, -0.1) is 0 Å². The smallest absolute Gasteiger partial charge is 0.293 e. The minimum absolute atomic E-state index is 0.179. The van der Waals surface area contributed by atoms with Gasteiger partial charge in [0.15, 0.2) is 11.5 Å². The molecular formula is C27H27NO5S. The number of carbonyl (C=O) groups is 2. The van der Waals surface area contributed by atoms with Crippen LogP contribution in [0.4, 0.5) is 4.79 Å².